The van der Waals surface area contributed by atoms with Gasteiger partial charge >= 0.3 is 0 Å². The summed E-state index contributed by atoms with van der Waals surface area (Å²) in [6.07, 6.45) is 3.74. The third kappa shape index (κ3) is 3.19. The predicted molar refractivity (Wildman–Crippen MR) is 68.8 cm³/mol. The number of nitrogens with zero attached hydrogens (tertiary/aromatic N) is 1. The van der Waals surface area contributed by atoms with Gasteiger partial charge in [0.1, 0.15) is 0 Å². The van der Waals surface area contributed by atoms with Crippen LogP contribution in [0.4, 0.5) is 0 Å². The highest BCUT2D eigenvalue weighted by Gasteiger charge is 2.31. The molecule has 0 bridgehead atoms. The predicted octanol–water partition coefficient (Wildman–Crippen LogP) is 0.583. The molecule has 17 heavy (non-hydrogen) atoms. The van der Waals surface area contributed by atoms with Crippen LogP contribution in [-0.2, 0) is 4.79 Å². The molecule has 1 saturated carbocycles. The lowest BCUT2D eigenvalue weighted by Crippen LogP contribution is -2.48. The molecule has 0 spiro atoms. The summed E-state index contributed by atoms with van der Waals surface area (Å²) >= 11 is 0. The largest absolute Gasteiger partial charge is 0.353 e. The van der Waals surface area contributed by atoms with Gasteiger partial charge in [0.25, 0.3) is 0 Å². The lowest BCUT2D eigenvalue weighted by Gasteiger charge is -2.25. The Hall–Kier alpha value is -0.610. The molecule has 1 aliphatic heterocycles. The number of likely N-dealkylation sites (N-methyl/N-ethyl adjacent to an activating group) is 1. The molecular formula is C13H25N3O. The van der Waals surface area contributed by atoms with Crippen molar-refractivity contribution < 1.29 is 4.79 Å². The quantitative estimate of drug-likeness (QED) is 0.738. The van der Waals surface area contributed by atoms with Crippen LogP contribution in [0.15, 0.2) is 0 Å². The summed E-state index contributed by atoms with van der Waals surface area (Å²) in [6.45, 7) is 6.06. The van der Waals surface area contributed by atoms with Crippen LogP contribution in [0.25, 0.3) is 0 Å². The zero-order valence-electron chi connectivity index (χ0n) is 11.2. The third-order valence-electron chi connectivity index (χ3n) is 4.21. The van der Waals surface area contributed by atoms with Gasteiger partial charge in [0.2, 0.25) is 5.91 Å². The molecule has 1 saturated heterocycles. The lowest BCUT2D eigenvalue weighted by molar-refractivity contribution is -0.123. The van der Waals surface area contributed by atoms with Gasteiger partial charge in [-0.3, -0.25) is 9.69 Å². The number of nitrogens with one attached hydrogen (secondary N) is 2. The molecule has 3 unspecified atom stereocenters. The highest BCUT2D eigenvalue weighted by atomic mass is 16.2. The van der Waals surface area contributed by atoms with Crippen LogP contribution >= 0.6 is 0 Å². The lowest BCUT2D eigenvalue weighted by atomic mass is 10.0. The molecule has 4 heteroatoms. The van der Waals surface area contributed by atoms with Crippen molar-refractivity contribution in [3.05, 3.63) is 0 Å². The first-order chi connectivity index (χ1) is 8.09. The maximum atomic E-state index is 12.0. The summed E-state index contributed by atoms with van der Waals surface area (Å²) in [5.41, 5.74) is 0. The van der Waals surface area contributed by atoms with Crippen LogP contribution in [-0.4, -0.2) is 49.1 Å². The van der Waals surface area contributed by atoms with Crippen molar-refractivity contribution in [1.29, 1.82) is 0 Å². The van der Waals surface area contributed by atoms with Gasteiger partial charge in [0, 0.05) is 18.6 Å². The fraction of sp³-hybridized carbons (Fsp3) is 0.923. The minimum Gasteiger partial charge on any atom is -0.353 e. The average Bonchev–Trinajstić information content (AvgIpc) is 3.07. The molecule has 0 aromatic carbocycles. The van der Waals surface area contributed by atoms with E-state index >= 15 is 0 Å². The van der Waals surface area contributed by atoms with Crippen LogP contribution in [0.3, 0.4) is 0 Å². The number of rotatable bonds is 5. The highest BCUT2D eigenvalue weighted by Crippen LogP contribution is 2.26. The minimum absolute atomic E-state index is 0.0217. The topological polar surface area (TPSA) is 44.4 Å². The van der Waals surface area contributed by atoms with Crippen molar-refractivity contribution in [2.24, 2.45) is 5.92 Å². The van der Waals surface area contributed by atoms with Gasteiger partial charge in [0.05, 0.1) is 6.04 Å². The van der Waals surface area contributed by atoms with Gasteiger partial charge in [0.15, 0.2) is 0 Å². The Labute approximate surface area is 104 Å². The van der Waals surface area contributed by atoms with Crippen molar-refractivity contribution in [3.63, 3.8) is 0 Å². The summed E-state index contributed by atoms with van der Waals surface area (Å²) in [4.78, 5) is 14.4. The van der Waals surface area contributed by atoms with E-state index in [2.05, 4.69) is 36.4 Å². The molecule has 3 atom stereocenters. The molecule has 0 aromatic rings. The maximum Gasteiger partial charge on any atom is 0.237 e. The van der Waals surface area contributed by atoms with Crippen molar-refractivity contribution >= 4 is 5.91 Å². The Kier molecular flexibility index (Phi) is 4.05. The normalized spacial score (nSPS) is 30.6. The van der Waals surface area contributed by atoms with Gasteiger partial charge in [-0.25, -0.2) is 0 Å². The van der Waals surface area contributed by atoms with Crippen LogP contribution in [0.5, 0.6) is 0 Å². The number of hydrogen-bond donors (Lipinski definition) is 2. The van der Waals surface area contributed by atoms with Crippen molar-refractivity contribution in [2.75, 3.05) is 20.1 Å². The Morgan fingerprint density at radius 3 is 2.71 bits per heavy atom. The summed E-state index contributed by atoms with van der Waals surface area (Å²) in [5, 5.41) is 6.34. The van der Waals surface area contributed by atoms with Gasteiger partial charge < -0.3 is 10.6 Å². The van der Waals surface area contributed by atoms with E-state index in [9.17, 15) is 4.79 Å². The number of carbonyl (C=O) groups is 1. The molecule has 1 aliphatic carbocycles. The van der Waals surface area contributed by atoms with Gasteiger partial charge in [-0.15, -0.1) is 0 Å². The van der Waals surface area contributed by atoms with Crippen molar-refractivity contribution in [3.8, 4) is 0 Å². The number of amides is 1. The second-order valence-electron chi connectivity index (χ2n) is 5.69. The van der Waals surface area contributed by atoms with Gasteiger partial charge in [-0.1, -0.05) is 6.92 Å². The molecule has 1 heterocycles. The van der Waals surface area contributed by atoms with Crippen molar-refractivity contribution in [2.45, 2.75) is 51.2 Å². The maximum absolute atomic E-state index is 12.0. The molecular weight excluding hydrogens is 214 g/mol. The average molecular weight is 239 g/mol. The standard InChI is InChI=1S/C13H25N3O/c1-9-6-7-14-12(9)13(17)15-8-10(2)16(3)11-4-5-11/h9-12,14H,4-8H2,1-3H3,(H,15,17). The van der Waals surface area contributed by atoms with Gasteiger partial charge in [-0.05, 0) is 45.7 Å². The van der Waals surface area contributed by atoms with E-state index in [1.807, 2.05) is 0 Å². The van der Waals surface area contributed by atoms with E-state index in [1.54, 1.807) is 0 Å². The van der Waals surface area contributed by atoms with E-state index in [4.69, 9.17) is 0 Å². The van der Waals surface area contributed by atoms with Gasteiger partial charge in [-0.2, -0.15) is 0 Å². The van der Waals surface area contributed by atoms with Crippen LogP contribution in [0.1, 0.15) is 33.1 Å². The molecule has 2 rings (SSSR count). The van der Waals surface area contributed by atoms with Crippen LogP contribution < -0.4 is 10.6 Å². The number of hydrogen-bond acceptors (Lipinski definition) is 3. The fourth-order valence-corrected chi connectivity index (χ4v) is 2.53. The molecule has 2 N–H and O–H groups in total. The fourth-order valence-electron chi connectivity index (χ4n) is 2.53. The Morgan fingerprint density at radius 2 is 2.18 bits per heavy atom. The smallest absolute Gasteiger partial charge is 0.237 e. The zero-order chi connectivity index (χ0) is 12.4. The van der Waals surface area contributed by atoms with E-state index in [0.717, 1.165) is 25.6 Å². The molecule has 2 aliphatic rings. The Bertz CT molecular complexity index is 278. The van der Waals surface area contributed by atoms with Crippen molar-refractivity contribution in [1.82, 2.24) is 15.5 Å². The van der Waals surface area contributed by atoms with E-state index in [0.29, 0.717) is 12.0 Å². The second kappa shape index (κ2) is 5.36. The summed E-state index contributed by atoms with van der Waals surface area (Å²) in [5.74, 6) is 0.637. The first kappa shape index (κ1) is 12.8. The highest BCUT2D eigenvalue weighted by molar-refractivity contribution is 5.82. The Morgan fingerprint density at radius 1 is 1.47 bits per heavy atom. The monoisotopic (exact) mass is 239 g/mol. The first-order valence-corrected chi connectivity index (χ1v) is 6.82. The molecule has 0 aromatic heterocycles. The molecule has 98 valence electrons. The molecule has 1 amide bonds. The molecule has 0 radical (unpaired) electrons. The number of carbonyl (C=O) groups excluding carboxylic acids is 1. The summed E-state index contributed by atoms with van der Waals surface area (Å²) in [6, 6.07) is 1.21. The molecule has 2 fully saturated rings. The zero-order valence-corrected chi connectivity index (χ0v) is 11.2. The SMILES string of the molecule is CC1CCNC1C(=O)NCC(C)N(C)C1CC1. The summed E-state index contributed by atoms with van der Waals surface area (Å²) in [7, 11) is 2.16. The first-order valence-electron chi connectivity index (χ1n) is 6.82. The van der Waals surface area contributed by atoms with E-state index in [1.165, 1.54) is 12.8 Å². The third-order valence-corrected chi connectivity index (χ3v) is 4.21. The minimum atomic E-state index is 0.0217. The van der Waals surface area contributed by atoms with E-state index < -0.39 is 0 Å². The summed E-state index contributed by atoms with van der Waals surface area (Å²) < 4.78 is 0. The Balaban J connectivity index is 1.71. The van der Waals surface area contributed by atoms with E-state index in [-0.39, 0.29) is 11.9 Å². The van der Waals surface area contributed by atoms with Crippen LogP contribution in [0.2, 0.25) is 0 Å². The van der Waals surface area contributed by atoms with Crippen LogP contribution in [0, 0.1) is 5.92 Å². The molecule has 4 nitrogen and oxygen atoms in total. The second-order valence-corrected chi connectivity index (χ2v) is 5.69.